The summed E-state index contributed by atoms with van der Waals surface area (Å²) in [7, 11) is 0.484. The number of hydrogen-bond acceptors (Lipinski definition) is 3. The minimum absolute atomic E-state index is 0.121. The van der Waals surface area contributed by atoms with Gasteiger partial charge >= 0.3 is 8.64 Å². The van der Waals surface area contributed by atoms with Crippen LogP contribution in [-0.2, 0) is 4.43 Å². The van der Waals surface area contributed by atoms with Gasteiger partial charge in [-0.05, 0) is 30.7 Å². The van der Waals surface area contributed by atoms with E-state index in [2.05, 4.69) is 6.92 Å². The zero-order valence-corrected chi connectivity index (χ0v) is 18.2. The third kappa shape index (κ3) is 4.69. The Hall–Kier alpha value is -2.44. The summed E-state index contributed by atoms with van der Waals surface area (Å²) in [6, 6.07) is 19.0. The predicted molar refractivity (Wildman–Crippen MR) is 114 cm³/mol. The largest absolute Gasteiger partial charge is 0.423 e. The van der Waals surface area contributed by atoms with Crippen molar-refractivity contribution in [2.24, 2.45) is 0 Å². The van der Waals surface area contributed by atoms with Crippen molar-refractivity contribution < 1.29 is 14.0 Å². The summed E-state index contributed by atoms with van der Waals surface area (Å²) in [5, 5.41) is 0. The van der Waals surface area contributed by atoms with Crippen molar-refractivity contribution in [1.82, 2.24) is 9.13 Å². The van der Waals surface area contributed by atoms with Crippen LogP contribution in [0.15, 0.2) is 60.7 Å². The van der Waals surface area contributed by atoms with Gasteiger partial charge in [0.2, 0.25) is 11.8 Å². The first-order valence-corrected chi connectivity index (χ1v) is 11.8. The Kier molecular flexibility index (Phi) is 7.96. The Labute approximate surface area is 169 Å². The average molecular weight is 399 g/mol. The van der Waals surface area contributed by atoms with Gasteiger partial charge in [-0.15, -0.1) is 0 Å². The molecule has 0 aromatic heterocycles. The molecule has 0 heterocycles. The molecule has 0 N–H and O–H groups in total. The van der Waals surface area contributed by atoms with Crippen molar-refractivity contribution >= 4 is 20.5 Å². The molecular formula is C22H30N2O3Si. The molecule has 0 aliphatic carbocycles. The summed E-state index contributed by atoms with van der Waals surface area (Å²) in [6.45, 7) is 4.59. The highest BCUT2D eigenvalue weighted by atomic mass is 28.4. The molecule has 0 saturated heterocycles. The topological polar surface area (TPSA) is 49.9 Å². The average Bonchev–Trinajstić information content (AvgIpc) is 2.75. The van der Waals surface area contributed by atoms with Crippen LogP contribution in [0.2, 0.25) is 6.04 Å². The summed E-state index contributed by atoms with van der Waals surface area (Å²) < 4.78 is 9.77. The molecule has 150 valence electrons. The number of carbonyl (C=O) groups excluding carboxylic acids is 2. The van der Waals surface area contributed by atoms with E-state index in [0.29, 0.717) is 23.8 Å². The van der Waals surface area contributed by atoms with E-state index in [1.54, 1.807) is 47.5 Å². The maximum atomic E-state index is 13.2. The lowest BCUT2D eigenvalue weighted by molar-refractivity contribution is 0.0742. The molecule has 2 aromatic carbocycles. The summed E-state index contributed by atoms with van der Waals surface area (Å²) in [5.74, 6) is -0.242. The lowest BCUT2D eigenvalue weighted by Gasteiger charge is -2.44. The molecule has 0 saturated carbocycles. The molecule has 2 aromatic rings. The van der Waals surface area contributed by atoms with Crippen molar-refractivity contribution in [2.75, 3.05) is 20.7 Å². The van der Waals surface area contributed by atoms with Gasteiger partial charge in [-0.3, -0.25) is 9.59 Å². The Balaban J connectivity index is 2.45. The molecule has 6 heteroatoms. The van der Waals surface area contributed by atoms with Crippen LogP contribution >= 0.6 is 0 Å². The SMILES string of the molecule is CCCO[Si](CCC)(N(C)C(=O)c1ccccc1)N(C)C(=O)c1ccccc1. The Bertz CT molecular complexity index is 710. The first-order chi connectivity index (χ1) is 13.5. The number of benzene rings is 2. The standard InChI is InChI=1S/C22H30N2O3Si/c1-5-17-27-28(18-6-2,23(3)21(25)19-13-9-7-10-14-19)24(4)22(26)20-15-11-8-12-16-20/h7-16H,5-6,17-18H2,1-4H3. The van der Waals surface area contributed by atoms with Crippen LogP contribution in [0.5, 0.6) is 0 Å². The van der Waals surface area contributed by atoms with Gasteiger partial charge in [-0.2, -0.15) is 0 Å². The molecule has 0 fully saturated rings. The van der Waals surface area contributed by atoms with Gasteiger partial charge in [0, 0.05) is 37.9 Å². The minimum Gasteiger partial charge on any atom is -0.383 e. The Morgan fingerprint density at radius 3 is 1.57 bits per heavy atom. The van der Waals surface area contributed by atoms with Crippen LogP contribution in [0.25, 0.3) is 0 Å². The van der Waals surface area contributed by atoms with Gasteiger partial charge in [-0.25, -0.2) is 0 Å². The summed E-state index contributed by atoms with van der Waals surface area (Å²) in [6.07, 6.45) is 1.63. The van der Waals surface area contributed by atoms with Crippen LogP contribution in [0.4, 0.5) is 0 Å². The summed E-state index contributed by atoms with van der Waals surface area (Å²) >= 11 is 0. The minimum atomic E-state index is -3.05. The number of hydrogen-bond donors (Lipinski definition) is 0. The van der Waals surface area contributed by atoms with Gasteiger partial charge in [0.05, 0.1) is 0 Å². The molecule has 0 bridgehead atoms. The molecule has 5 nitrogen and oxygen atoms in total. The highest BCUT2D eigenvalue weighted by molar-refractivity contribution is 6.73. The fraction of sp³-hybridized carbons (Fsp3) is 0.364. The van der Waals surface area contributed by atoms with Crippen LogP contribution in [-0.4, -0.2) is 50.3 Å². The second kappa shape index (κ2) is 10.2. The number of rotatable bonds is 9. The highest BCUT2D eigenvalue weighted by Crippen LogP contribution is 2.26. The van der Waals surface area contributed by atoms with Gasteiger partial charge in [0.1, 0.15) is 0 Å². The maximum Gasteiger partial charge on any atom is 0.423 e. The van der Waals surface area contributed by atoms with Crippen molar-refractivity contribution in [3.05, 3.63) is 71.8 Å². The maximum absolute atomic E-state index is 13.2. The van der Waals surface area contributed by atoms with Crippen molar-refractivity contribution in [1.29, 1.82) is 0 Å². The van der Waals surface area contributed by atoms with Crippen molar-refractivity contribution in [3.8, 4) is 0 Å². The zero-order valence-electron chi connectivity index (χ0n) is 17.2. The van der Waals surface area contributed by atoms with Crippen molar-refractivity contribution in [2.45, 2.75) is 32.7 Å². The summed E-state index contributed by atoms with van der Waals surface area (Å²) in [5.41, 5.74) is 1.19. The van der Waals surface area contributed by atoms with Crippen LogP contribution in [0, 0.1) is 0 Å². The normalized spacial score (nSPS) is 11.1. The van der Waals surface area contributed by atoms with E-state index < -0.39 is 8.64 Å². The third-order valence-electron chi connectivity index (χ3n) is 4.81. The first kappa shape index (κ1) is 21.9. The number of carbonyl (C=O) groups is 2. The summed E-state index contributed by atoms with van der Waals surface area (Å²) in [4.78, 5) is 26.5. The molecule has 0 atom stereocenters. The van der Waals surface area contributed by atoms with E-state index in [1.165, 1.54) is 0 Å². The molecule has 0 unspecified atom stereocenters. The highest BCUT2D eigenvalue weighted by Gasteiger charge is 2.50. The quantitative estimate of drug-likeness (QED) is 0.592. The Morgan fingerprint density at radius 1 is 0.786 bits per heavy atom. The molecule has 28 heavy (non-hydrogen) atoms. The molecule has 0 aliphatic heterocycles. The first-order valence-electron chi connectivity index (χ1n) is 9.78. The van der Waals surface area contributed by atoms with Gasteiger partial charge in [0.25, 0.3) is 0 Å². The smallest absolute Gasteiger partial charge is 0.383 e. The zero-order chi connectivity index (χ0) is 20.6. The van der Waals surface area contributed by atoms with E-state index in [0.717, 1.165) is 12.8 Å². The predicted octanol–water partition coefficient (Wildman–Crippen LogP) is 4.31. The van der Waals surface area contributed by atoms with Crippen LogP contribution in [0.1, 0.15) is 47.4 Å². The molecule has 2 rings (SSSR count). The van der Waals surface area contributed by atoms with Crippen LogP contribution < -0.4 is 0 Å². The third-order valence-corrected chi connectivity index (χ3v) is 9.13. The lowest BCUT2D eigenvalue weighted by Crippen LogP contribution is -2.68. The molecular weight excluding hydrogens is 368 g/mol. The Morgan fingerprint density at radius 2 is 1.21 bits per heavy atom. The second-order valence-corrected chi connectivity index (χ2v) is 10.4. The van der Waals surface area contributed by atoms with Gasteiger partial charge < -0.3 is 13.6 Å². The fourth-order valence-corrected chi connectivity index (χ4v) is 7.01. The van der Waals surface area contributed by atoms with E-state index in [1.807, 2.05) is 43.3 Å². The van der Waals surface area contributed by atoms with E-state index in [-0.39, 0.29) is 11.8 Å². The van der Waals surface area contributed by atoms with E-state index in [4.69, 9.17) is 4.43 Å². The number of nitrogens with zero attached hydrogens (tertiary/aromatic N) is 2. The monoisotopic (exact) mass is 398 g/mol. The van der Waals surface area contributed by atoms with Gasteiger partial charge in [-0.1, -0.05) is 56.7 Å². The van der Waals surface area contributed by atoms with E-state index >= 15 is 0 Å². The molecule has 0 aliphatic rings. The molecule has 2 amide bonds. The van der Waals surface area contributed by atoms with E-state index in [9.17, 15) is 9.59 Å². The second-order valence-electron chi connectivity index (χ2n) is 6.80. The van der Waals surface area contributed by atoms with Crippen molar-refractivity contribution in [3.63, 3.8) is 0 Å². The molecule has 0 spiro atoms. The molecule has 0 radical (unpaired) electrons. The lowest BCUT2D eigenvalue weighted by atomic mass is 10.2. The fourth-order valence-electron chi connectivity index (χ4n) is 3.28. The van der Waals surface area contributed by atoms with Crippen LogP contribution in [0.3, 0.4) is 0 Å². The number of amides is 2. The van der Waals surface area contributed by atoms with Gasteiger partial charge in [0.15, 0.2) is 0 Å².